The van der Waals surface area contributed by atoms with Gasteiger partial charge < -0.3 is 61.3 Å². The van der Waals surface area contributed by atoms with Crippen LogP contribution in [0.3, 0.4) is 0 Å². The van der Waals surface area contributed by atoms with E-state index in [1.54, 1.807) is 0 Å². The number of hydrogen-bond acceptors (Lipinski definition) is 15. The first-order chi connectivity index (χ1) is 25.8. The maximum absolute atomic E-state index is 13.4. The summed E-state index contributed by atoms with van der Waals surface area (Å²) in [6.45, 7) is 1.23. The number of hydrogen-bond donors (Lipinski definition) is 9. The third-order valence-corrected chi connectivity index (χ3v) is 9.73. The zero-order valence-corrected chi connectivity index (χ0v) is 30.8. The molecule has 1 aromatic rings. The molecule has 11 atom stereocenters. The number of aliphatic carboxylic acids is 1. The van der Waals surface area contributed by atoms with Crippen LogP contribution in [0.1, 0.15) is 103 Å². The van der Waals surface area contributed by atoms with Gasteiger partial charge in [-0.05, 0) is 6.42 Å². The van der Waals surface area contributed by atoms with E-state index in [2.05, 4.69) is 12.2 Å². The zero-order valence-electron chi connectivity index (χ0n) is 30.8. The molecule has 3 rings (SSSR count). The van der Waals surface area contributed by atoms with Crippen LogP contribution < -0.4 is 28.0 Å². The lowest BCUT2D eigenvalue weighted by molar-refractivity contribution is -0.224. The van der Waals surface area contributed by atoms with Crippen molar-refractivity contribution in [2.45, 2.75) is 164 Å². The summed E-state index contributed by atoms with van der Waals surface area (Å²) < 4.78 is 22.8. The number of nitrogens with one attached hydrogen (secondary N) is 2. The number of nitrogens with zero attached hydrogens (tertiary/aromatic N) is 1. The summed E-state index contributed by atoms with van der Waals surface area (Å²) in [6, 6.07) is -2.72. The van der Waals surface area contributed by atoms with Gasteiger partial charge in [0.2, 0.25) is 5.91 Å². The van der Waals surface area contributed by atoms with Crippen molar-refractivity contribution in [3.8, 4) is 0 Å². The highest BCUT2D eigenvalue weighted by Gasteiger charge is 2.53. The molecule has 1 aromatic heterocycles. The van der Waals surface area contributed by atoms with Crippen molar-refractivity contribution < 1.29 is 58.9 Å². The Morgan fingerprint density at radius 2 is 1.48 bits per heavy atom. The molecule has 0 bridgehead atoms. The van der Waals surface area contributed by atoms with Crippen LogP contribution in [0, 0.1) is 0 Å². The molecule has 2 fully saturated rings. The van der Waals surface area contributed by atoms with E-state index in [0.717, 1.165) is 42.5 Å². The van der Waals surface area contributed by atoms with Crippen LogP contribution in [0.15, 0.2) is 21.9 Å². The van der Waals surface area contributed by atoms with Crippen molar-refractivity contribution in [2.75, 3.05) is 13.2 Å². The quantitative estimate of drug-likeness (QED) is 0.0419. The van der Waals surface area contributed by atoms with E-state index in [0.29, 0.717) is 6.42 Å². The number of carboxylic acid groups (broad SMARTS) is 1. The molecule has 308 valence electrons. The Labute approximate surface area is 313 Å². The van der Waals surface area contributed by atoms with Gasteiger partial charge in [-0.15, -0.1) is 0 Å². The Bertz CT molecular complexity index is 1430. The third-order valence-electron chi connectivity index (χ3n) is 9.73. The molecule has 54 heavy (non-hydrogen) atoms. The molecule has 0 saturated carbocycles. The smallest absolute Gasteiger partial charge is 0.330 e. The number of carbonyl (C=O) groups is 3. The van der Waals surface area contributed by atoms with E-state index < -0.39 is 103 Å². The zero-order chi connectivity index (χ0) is 39.8. The van der Waals surface area contributed by atoms with Crippen molar-refractivity contribution in [3.63, 3.8) is 0 Å². The van der Waals surface area contributed by atoms with Crippen LogP contribution in [-0.2, 0) is 33.3 Å². The summed E-state index contributed by atoms with van der Waals surface area (Å²) in [5.74, 6) is -3.40. The lowest BCUT2D eigenvalue weighted by atomic mass is 9.98. The maximum atomic E-state index is 13.4. The number of H-pyrrole nitrogens is 1. The summed E-state index contributed by atoms with van der Waals surface area (Å²) in [5.41, 5.74) is 10.0. The molecule has 3 heterocycles. The molecular formula is C35H59N5O14. The largest absolute Gasteiger partial charge is 0.480 e. The number of nitrogens with two attached hydrogens (primary N) is 2. The molecular weight excluding hydrogens is 714 g/mol. The van der Waals surface area contributed by atoms with Crippen LogP contribution in [0.4, 0.5) is 0 Å². The molecule has 0 aliphatic carbocycles. The number of esters is 1. The average molecular weight is 774 g/mol. The van der Waals surface area contributed by atoms with E-state index >= 15 is 0 Å². The molecule has 0 radical (unpaired) electrons. The summed E-state index contributed by atoms with van der Waals surface area (Å²) in [7, 11) is 0. The average Bonchev–Trinajstić information content (AvgIpc) is 3.58. The molecule has 19 heteroatoms. The monoisotopic (exact) mass is 773 g/mol. The van der Waals surface area contributed by atoms with Gasteiger partial charge in [-0.25, -0.2) is 9.59 Å². The summed E-state index contributed by atoms with van der Waals surface area (Å²) in [4.78, 5) is 63.8. The van der Waals surface area contributed by atoms with Gasteiger partial charge in [0, 0.05) is 25.2 Å². The minimum Gasteiger partial charge on any atom is -0.480 e. The second kappa shape index (κ2) is 23.0. The predicted octanol–water partition coefficient (Wildman–Crippen LogP) is -1.13. The summed E-state index contributed by atoms with van der Waals surface area (Å²) in [6.07, 6.45) is 0.715. The molecule has 0 unspecified atom stereocenters. The Morgan fingerprint density at radius 1 is 0.889 bits per heavy atom. The Kier molecular flexibility index (Phi) is 19.2. The Hall–Kier alpha value is -3.27. The third kappa shape index (κ3) is 13.2. The van der Waals surface area contributed by atoms with Gasteiger partial charge in [0.25, 0.3) is 5.56 Å². The van der Waals surface area contributed by atoms with Gasteiger partial charge in [0.05, 0.1) is 0 Å². The number of unbranched alkanes of at least 4 members (excludes halogenated alkanes) is 12. The van der Waals surface area contributed by atoms with Crippen molar-refractivity contribution in [1.82, 2.24) is 14.9 Å². The van der Waals surface area contributed by atoms with Gasteiger partial charge >= 0.3 is 17.6 Å². The van der Waals surface area contributed by atoms with Crippen molar-refractivity contribution in [2.24, 2.45) is 11.5 Å². The highest BCUT2D eigenvalue weighted by atomic mass is 16.7. The Balaban J connectivity index is 1.56. The lowest BCUT2D eigenvalue weighted by Gasteiger charge is -2.33. The van der Waals surface area contributed by atoms with E-state index in [1.165, 1.54) is 51.4 Å². The van der Waals surface area contributed by atoms with E-state index in [1.807, 2.05) is 4.98 Å². The normalized spacial score (nSPS) is 27.0. The molecule has 11 N–H and O–H groups in total. The van der Waals surface area contributed by atoms with Crippen molar-refractivity contribution in [1.29, 1.82) is 0 Å². The number of aromatic amines is 1. The fourth-order valence-electron chi connectivity index (χ4n) is 6.49. The van der Waals surface area contributed by atoms with Gasteiger partial charge in [-0.1, -0.05) is 84.0 Å². The fraction of sp³-hybridized carbons (Fsp3) is 0.800. The molecule has 2 aliphatic heterocycles. The Morgan fingerprint density at radius 3 is 2.02 bits per heavy atom. The first-order valence-electron chi connectivity index (χ1n) is 18.9. The van der Waals surface area contributed by atoms with Crippen molar-refractivity contribution >= 4 is 17.8 Å². The number of aliphatic hydroxyl groups excluding tert-OH is 4. The number of aromatic nitrogens is 2. The minimum absolute atomic E-state index is 0.0611. The van der Waals surface area contributed by atoms with Crippen LogP contribution in [0.5, 0.6) is 0 Å². The number of carboxylic acids is 1. The molecule has 2 saturated heterocycles. The minimum atomic E-state index is -1.92. The van der Waals surface area contributed by atoms with E-state index in [4.69, 9.17) is 30.4 Å². The van der Waals surface area contributed by atoms with Crippen molar-refractivity contribution in [3.05, 3.63) is 33.1 Å². The second-order valence-corrected chi connectivity index (χ2v) is 14.0. The van der Waals surface area contributed by atoms with Crippen LogP contribution in [-0.4, -0.2) is 127 Å². The molecule has 19 nitrogen and oxygen atoms in total. The number of carbonyl (C=O) groups excluding carboxylic acids is 2. The first-order valence-corrected chi connectivity index (χ1v) is 18.9. The maximum Gasteiger partial charge on any atom is 0.330 e. The molecule has 2 aliphatic rings. The lowest BCUT2D eigenvalue weighted by Crippen LogP contribution is -2.60. The van der Waals surface area contributed by atoms with Crippen LogP contribution in [0.2, 0.25) is 0 Å². The predicted molar refractivity (Wildman–Crippen MR) is 191 cm³/mol. The topological polar surface area (TPSA) is 308 Å². The van der Waals surface area contributed by atoms with Gasteiger partial charge in [-0.3, -0.25) is 23.9 Å². The van der Waals surface area contributed by atoms with E-state index in [-0.39, 0.29) is 13.0 Å². The number of aliphatic hydroxyl groups is 4. The van der Waals surface area contributed by atoms with E-state index in [9.17, 15) is 49.5 Å². The summed E-state index contributed by atoms with van der Waals surface area (Å²) in [5, 5.41) is 54.5. The van der Waals surface area contributed by atoms with Crippen LogP contribution >= 0.6 is 0 Å². The number of amides is 1. The number of ether oxygens (including phenoxy) is 4. The van der Waals surface area contributed by atoms with Gasteiger partial charge in [0.15, 0.2) is 18.6 Å². The number of rotatable bonds is 25. The first kappa shape index (κ1) is 45.1. The van der Waals surface area contributed by atoms with Gasteiger partial charge in [-0.2, -0.15) is 0 Å². The van der Waals surface area contributed by atoms with Crippen LogP contribution in [0.25, 0.3) is 0 Å². The molecule has 1 amide bonds. The molecule has 0 spiro atoms. The van der Waals surface area contributed by atoms with Gasteiger partial charge in [0.1, 0.15) is 55.4 Å². The second-order valence-electron chi connectivity index (χ2n) is 14.0. The standard InChI is InChI=1S/C35H59N5O14/c1-2-3-4-5-6-7-8-9-10-11-12-13-14-15-23(42)51-19-20(33(48)49)38-31(47)24(37)29(54-34-28(46)25(43)21(18-36)52-34)30-26(44)27(45)32(53-30)40-17-16-22(41)39-35(40)50/h16-17,20-21,24-30,32,34,43-46H,2-15,18-19,36-37H2,1H3,(H,38,47)(H,48,49)(H,39,41,50)/t20-,21+,24-,25+,26-,27+,28+,29-,30-,32+,34-/m0/s1. The highest BCUT2D eigenvalue weighted by Crippen LogP contribution is 2.34. The highest BCUT2D eigenvalue weighted by molar-refractivity contribution is 5.87. The SMILES string of the molecule is CCCCCCCCCCCCCCCC(=O)OC[C@H](NC(=O)[C@@H](N)[C@H](O[C@@H]1O[C@H](CN)[C@@H](O)[C@H]1O)[C@H]1O[C@@H](n2ccc(=O)[nH]c2=O)[C@H](O)[C@@H]1O)C(=O)O. The molecule has 0 aromatic carbocycles. The summed E-state index contributed by atoms with van der Waals surface area (Å²) >= 11 is 0. The fourth-order valence-corrected chi connectivity index (χ4v) is 6.49.